The number of hydrogen-bond donors (Lipinski definition) is 0. The van der Waals surface area contributed by atoms with Gasteiger partial charge in [0.1, 0.15) is 0 Å². The maximum Gasteiger partial charge on any atom is -0.0163 e. The highest BCUT2D eigenvalue weighted by atomic mass is 14.4. The average Bonchev–Trinajstić information content (AvgIpc) is 2.78. The zero-order valence-corrected chi connectivity index (χ0v) is 9.53. The topological polar surface area (TPSA) is 0 Å². The smallest absolute Gasteiger partial charge is 0.0163 e. The molecule has 13 heavy (non-hydrogen) atoms. The zero-order valence-electron chi connectivity index (χ0n) is 9.53. The first-order valence-corrected chi connectivity index (χ1v) is 5.79. The van der Waals surface area contributed by atoms with Gasteiger partial charge in [0.25, 0.3) is 0 Å². The van der Waals surface area contributed by atoms with E-state index in [0.29, 0.717) is 5.41 Å². The van der Waals surface area contributed by atoms with E-state index in [1.165, 1.54) is 44.1 Å². The third kappa shape index (κ3) is 3.17. The number of allylic oxidation sites excluding steroid dienone is 1. The average molecular weight is 180 g/mol. The van der Waals surface area contributed by atoms with Crippen molar-refractivity contribution in [3.05, 3.63) is 12.2 Å². The largest absolute Gasteiger partial charge is 0.0995 e. The van der Waals surface area contributed by atoms with Crippen LogP contribution in [0.25, 0.3) is 0 Å². The third-order valence-electron chi connectivity index (χ3n) is 3.65. The lowest BCUT2D eigenvalue weighted by Crippen LogP contribution is -2.15. The summed E-state index contributed by atoms with van der Waals surface area (Å²) in [5, 5.41) is 0. The molecular weight excluding hydrogens is 156 g/mol. The first kappa shape index (κ1) is 10.8. The van der Waals surface area contributed by atoms with Crippen LogP contribution in [0.2, 0.25) is 0 Å². The van der Waals surface area contributed by atoms with Crippen LogP contribution in [0.1, 0.15) is 59.3 Å². The molecular formula is C13H24. The summed E-state index contributed by atoms with van der Waals surface area (Å²) in [6.45, 7) is 11.1. The van der Waals surface area contributed by atoms with E-state index in [4.69, 9.17) is 0 Å². The molecule has 0 bridgehead atoms. The van der Waals surface area contributed by atoms with Gasteiger partial charge in [0.05, 0.1) is 0 Å². The van der Waals surface area contributed by atoms with Crippen LogP contribution in [-0.2, 0) is 0 Å². The minimum atomic E-state index is 0.597. The van der Waals surface area contributed by atoms with Crippen LogP contribution in [-0.4, -0.2) is 0 Å². The molecule has 0 heteroatoms. The van der Waals surface area contributed by atoms with Gasteiger partial charge in [0.15, 0.2) is 0 Å². The van der Waals surface area contributed by atoms with E-state index >= 15 is 0 Å². The van der Waals surface area contributed by atoms with Crippen LogP contribution >= 0.6 is 0 Å². The Morgan fingerprint density at radius 3 is 2.46 bits per heavy atom. The van der Waals surface area contributed by atoms with E-state index in [-0.39, 0.29) is 0 Å². The Morgan fingerprint density at radius 1 is 1.46 bits per heavy atom. The van der Waals surface area contributed by atoms with Crippen LogP contribution < -0.4 is 0 Å². The Labute approximate surface area is 83.4 Å². The van der Waals surface area contributed by atoms with Crippen molar-refractivity contribution < 1.29 is 0 Å². The van der Waals surface area contributed by atoms with Crippen molar-refractivity contribution in [1.82, 2.24) is 0 Å². The monoisotopic (exact) mass is 180 g/mol. The molecule has 2 unspecified atom stereocenters. The lowest BCUT2D eigenvalue weighted by Gasteiger charge is -2.28. The van der Waals surface area contributed by atoms with E-state index in [1.807, 2.05) is 0 Å². The van der Waals surface area contributed by atoms with Crippen LogP contribution in [0.4, 0.5) is 0 Å². The van der Waals surface area contributed by atoms with Gasteiger partial charge < -0.3 is 0 Å². The second-order valence-electron chi connectivity index (χ2n) is 5.03. The Morgan fingerprint density at radius 2 is 2.08 bits per heavy atom. The summed E-state index contributed by atoms with van der Waals surface area (Å²) in [6.07, 6.45) is 8.16. The van der Waals surface area contributed by atoms with Crippen molar-refractivity contribution >= 4 is 0 Å². The van der Waals surface area contributed by atoms with Gasteiger partial charge in [-0.25, -0.2) is 0 Å². The molecule has 0 radical (unpaired) electrons. The molecule has 76 valence electrons. The molecule has 0 aliphatic heterocycles. The Hall–Kier alpha value is -0.260. The molecule has 0 N–H and O–H groups in total. The van der Waals surface area contributed by atoms with Crippen LogP contribution in [0.3, 0.4) is 0 Å². The van der Waals surface area contributed by atoms with E-state index in [9.17, 15) is 0 Å². The van der Waals surface area contributed by atoms with Gasteiger partial charge in [-0.15, -0.1) is 0 Å². The molecule has 0 aromatic rings. The van der Waals surface area contributed by atoms with Gasteiger partial charge >= 0.3 is 0 Å². The second kappa shape index (κ2) is 4.30. The molecule has 0 aromatic carbocycles. The Balaban J connectivity index is 2.33. The maximum absolute atomic E-state index is 4.05. The zero-order chi connectivity index (χ0) is 9.90. The van der Waals surface area contributed by atoms with Gasteiger partial charge in [0.2, 0.25) is 0 Å². The summed E-state index contributed by atoms with van der Waals surface area (Å²) in [6, 6.07) is 0. The number of hydrogen-bond acceptors (Lipinski definition) is 0. The van der Waals surface area contributed by atoms with Gasteiger partial charge in [-0.05, 0) is 30.6 Å². The van der Waals surface area contributed by atoms with Crippen LogP contribution in [0.15, 0.2) is 12.2 Å². The fourth-order valence-electron chi connectivity index (χ4n) is 2.10. The molecule has 2 atom stereocenters. The number of unbranched alkanes of at least 4 members (excludes halogenated alkanes) is 1. The molecule has 1 aliphatic rings. The predicted octanol–water partition coefficient (Wildman–Crippen LogP) is 4.56. The summed E-state index contributed by atoms with van der Waals surface area (Å²) in [5.74, 6) is 0.877. The first-order valence-electron chi connectivity index (χ1n) is 5.79. The molecule has 1 fully saturated rings. The van der Waals surface area contributed by atoms with Crippen molar-refractivity contribution in [2.45, 2.75) is 59.3 Å². The maximum atomic E-state index is 4.05. The van der Waals surface area contributed by atoms with Crippen molar-refractivity contribution in [2.24, 2.45) is 11.3 Å². The molecule has 0 spiro atoms. The van der Waals surface area contributed by atoms with Crippen LogP contribution in [0.5, 0.6) is 0 Å². The second-order valence-corrected chi connectivity index (χ2v) is 5.03. The highest BCUT2D eigenvalue weighted by molar-refractivity contribution is 5.19. The summed E-state index contributed by atoms with van der Waals surface area (Å²) in [4.78, 5) is 0. The summed E-state index contributed by atoms with van der Waals surface area (Å²) < 4.78 is 0. The molecule has 0 heterocycles. The molecule has 1 saturated carbocycles. The lowest BCUT2D eigenvalue weighted by atomic mass is 9.78. The molecule has 1 rings (SSSR count). The molecule has 0 aromatic heterocycles. The summed E-state index contributed by atoms with van der Waals surface area (Å²) in [7, 11) is 0. The third-order valence-corrected chi connectivity index (χ3v) is 3.65. The minimum Gasteiger partial charge on any atom is -0.0995 e. The van der Waals surface area contributed by atoms with Gasteiger partial charge in [-0.1, -0.05) is 52.2 Å². The van der Waals surface area contributed by atoms with Crippen molar-refractivity contribution in [3.63, 3.8) is 0 Å². The van der Waals surface area contributed by atoms with Crippen molar-refractivity contribution in [3.8, 4) is 0 Å². The van der Waals surface area contributed by atoms with Gasteiger partial charge in [0, 0.05) is 0 Å². The highest BCUT2D eigenvalue weighted by Gasteiger charge is 2.34. The molecule has 0 amide bonds. The van der Waals surface area contributed by atoms with Gasteiger partial charge in [-0.3, -0.25) is 0 Å². The molecule has 1 aliphatic carbocycles. The Bertz CT molecular complexity index is 180. The fourth-order valence-corrected chi connectivity index (χ4v) is 2.10. The lowest BCUT2D eigenvalue weighted by molar-refractivity contribution is 0.242. The number of rotatable bonds is 6. The standard InChI is InChI=1S/C13H24/c1-5-7-8-13(4,6-2)10-12-9-11(12)3/h12H,3,5-10H2,1-2,4H3. The SMILES string of the molecule is C=C1CC1CC(C)(CC)CCCC. The quantitative estimate of drug-likeness (QED) is 0.526. The van der Waals surface area contributed by atoms with Crippen LogP contribution in [0, 0.1) is 11.3 Å². The molecule has 0 saturated heterocycles. The van der Waals surface area contributed by atoms with E-state index in [2.05, 4.69) is 27.4 Å². The van der Waals surface area contributed by atoms with E-state index < -0.39 is 0 Å². The summed E-state index contributed by atoms with van der Waals surface area (Å²) >= 11 is 0. The van der Waals surface area contributed by atoms with Crippen molar-refractivity contribution in [2.75, 3.05) is 0 Å². The fraction of sp³-hybridized carbons (Fsp3) is 0.846. The normalized spacial score (nSPS) is 25.8. The van der Waals surface area contributed by atoms with Gasteiger partial charge in [-0.2, -0.15) is 0 Å². The summed E-state index contributed by atoms with van der Waals surface area (Å²) in [5.41, 5.74) is 2.09. The van der Waals surface area contributed by atoms with E-state index in [0.717, 1.165) is 5.92 Å². The Kier molecular flexibility index (Phi) is 3.58. The highest BCUT2D eigenvalue weighted by Crippen LogP contribution is 2.47. The minimum absolute atomic E-state index is 0.597. The van der Waals surface area contributed by atoms with Crippen molar-refractivity contribution in [1.29, 1.82) is 0 Å². The first-order chi connectivity index (χ1) is 6.11. The van der Waals surface area contributed by atoms with E-state index in [1.54, 1.807) is 0 Å². The molecule has 0 nitrogen and oxygen atoms in total. The predicted molar refractivity (Wildman–Crippen MR) is 59.8 cm³/mol.